The lowest BCUT2D eigenvalue weighted by molar-refractivity contribution is 0.0885. The third-order valence-corrected chi connectivity index (χ3v) is 3.95. The van der Waals surface area contributed by atoms with Gasteiger partial charge in [0.15, 0.2) is 0 Å². The number of nitrogens with zero attached hydrogens (tertiary/aromatic N) is 1. The predicted molar refractivity (Wildman–Crippen MR) is 73.2 cm³/mol. The van der Waals surface area contributed by atoms with E-state index in [4.69, 9.17) is 5.14 Å². The lowest BCUT2D eigenvalue weighted by Gasteiger charge is -2.15. The number of rotatable bonds is 4. The highest BCUT2D eigenvalue weighted by atomic mass is 127. The van der Waals surface area contributed by atoms with Crippen LogP contribution in [0.2, 0.25) is 0 Å². The zero-order valence-corrected chi connectivity index (χ0v) is 12.2. The molecule has 0 radical (unpaired) electrons. The van der Waals surface area contributed by atoms with Gasteiger partial charge in [0.25, 0.3) is 5.91 Å². The normalized spacial score (nSPS) is 11.2. The van der Waals surface area contributed by atoms with Gasteiger partial charge < -0.3 is 0 Å². The number of hydrogen-bond donors (Lipinski definition) is 1. The molecule has 1 rings (SSSR count). The first-order valence-electron chi connectivity index (χ1n) is 4.97. The van der Waals surface area contributed by atoms with Gasteiger partial charge in [-0.05, 0) is 18.6 Å². The minimum absolute atomic E-state index is 0.109. The van der Waals surface area contributed by atoms with Crippen molar-refractivity contribution in [3.8, 4) is 0 Å². The summed E-state index contributed by atoms with van der Waals surface area (Å²) in [6, 6.07) is 5.94. The smallest absolute Gasteiger partial charge is 0.263 e. The van der Waals surface area contributed by atoms with Crippen molar-refractivity contribution in [2.24, 2.45) is 5.14 Å². The Balaban J connectivity index is 3.19. The highest BCUT2D eigenvalue weighted by Gasteiger charge is 2.21. The van der Waals surface area contributed by atoms with Crippen LogP contribution in [0.1, 0.15) is 23.7 Å². The standard InChI is InChI=1S/C10H13IN2O3S/c1-2-7-13(11)10(14)8-5-3-4-6-9(8)17(12,15)16/h3-6H,2,7H2,1H3,(H2,12,15,16). The van der Waals surface area contributed by atoms with Gasteiger partial charge in [0, 0.05) is 6.54 Å². The summed E-state index contributed by atoms with van der Waals surface area (Å²) in [5.41, 5.74) is 0.109. The summed E-state index contributed by atoms with van der Waals surface area (Å²) >= 11 is 1.86. The Kier molecular flexibility index (Phi) is 4.90. The molecular formula is C10H13IN2O3S. The van der Waals surface area contributed by atoms with Gasteiger partial charge in [-0.25, -0.2) is 13.6 Å². The molecule has 2 N–H and O–H groups in total. The van der Waals surface area contributed by atoms with Crippen molar-refractivity contribution in [3.63, 3.8) is 0 Å². The molecule has 5 nitrogen and oxygen atoms in total. The zero-order valence-electron chi connectivity index (χ0n) is 9.26. The summed E-state index contributed by atoms with van der Waals surface area (Å²) in [7, 11) is -3.88. The Labute approximate surface area is 115 Å². The van der Waals surface area contributed by atoms with E-state index < -0.39 is 10.0 Å². The molecule has 0 bridgehead atoms. The molecule has 0 aliphatic carbocycles. The largest absolute Gasteiger partial charge is 0.281 e. The molecule has 0 unspecified atom stereocenters. The van der Waals surface area contributed by atoms with E-state index >= 15 is 0 Å². The van der Waals surface area contributed by atoms with Gasteiger partial charge >= 0.3 is 0 Å². The quantitative estimate of drug-likeness (QED) is 0.647. The van der Waals surface area contributed by atoms with Crippen LogP contribution in [0.3, 0.4) is 0 Å². The summed E-state index contributed by atoms with van der Waals surface area (Å²) in [6.07, 6.45) is 0.798. The SMILES string of the molecule is CCCN(I)C(=O)c1ccccc1S(N)(=O)=O. The van der Waals surface area contributed by atoms with Gasteiger partial charge in [-0.15, -0.1) is 0 Å². The van der Waals surface area contributed by atoms with Gasteiger partial charge in [-0.3, -0.25) is 7.91 Å². The molecule has 17 heavy (non-hydrogen) atoms. The van der Waals surface area contributed by atoms with E-state index in [1.807, 2.05) is 29.8 Å². The van der Waals surface area contributed by atoms with E-state index in [-0.39, 0.29) is 16.4 Å². The molecule has 1 aromatic rings. The maximum atomic E-state index is 12.0. The fraction of sp³-hybridized carbons (Fsp3) is 0.300. The van der Waals surface area contributed by atoms with E-state index in [2.05, 4.69) is 0 Å². The molecule has 1 amide bonds. The second kappa shape index (κ2) is 5.78. The van der Waals surface area contributed by atoms with Crippen LogP contribution >= 0.6 is 22.9 Å². The summed E-state index contributed by atoms with van der Waals surface area (Å²) in [4.78, 5) is 11.9. The highest BCUT2D eigenvalue weighted by molar-refractivity contribution is 14.1. The molecule has 0 atom stereocenters. The van der Waals surface area contributed by atoms with Crippen molar-refractivity contribution >= 4 is 38.8 Å². The van der Waals surface area contributed by atoms with Crippen LogP contribution in [0, 0.1) is 0 Å². The Morgan fingerprint density at radius 2 is 2.00 bits per heavy atom. The Bertz CT molecular complexity index is 516. The van der Waals surface area contributed by atoms with Gasteiger partial charge in [0.05, 0.1) is 33.3 Å². The van der Waals surface area contributed by atoms with Crippen LogP contribution in [-0.2, 0) is 10.0 Å². The predicted octanol–water partition coefficient (Wildman–Crippen LogP) is 1.54. The number of primary sulfonamides is 1. The summed E-state index contributed by atoms with van der Waals surface area (Å²) in [6.45, 7) is 2.49. The van der Waals surface area contributed by atoms with Crippen molar-refractivity contribution in [2.45, 2.75) is 18.2 Å². The first-order valence-corrected chi connectivity index (χ1v) is 7.48. The van der Waals surface area contributed by atoms with Crippen molar-refractivity contribution in [2.75, 3.05) is 6.54 Å². The number of amides is 1. The van der Waals surface area contributed by atoms with E-state index in [1.165, 1.54) is 21.3 Å². The first kappa shape index (κ1) is 14.4. The number of halogens is 1. The molecule has 7 heteroatoms. The van der Waals surface area contributed by atoms with Crippen LogP contribution in [-0.4, -0.2) is 24.0 Å². The van der Waals surface area contributed by atoms with E-state index in [1.54, 1.807) is 6.07 Å². The Morgan fingerprint density at radius 3 is 2.53 bits per heavy atom. The number of carbonyl (C=O) groups is 1. The monoisotopic (exact) mass is 368 g/mol. The average Bonchev–Trinajstić information content (AvgIpc) is 2.27. The summed E-state index contributed by atoms with van der Waals surface area (Å²) in [5, 5.41) is 5.07. The van der Waals surface area contributed by atoms with Crippen molar-refractivity contribution in [1.82, 2.24) is 3.11 Å². The van der Waals surface area contributed by atoms with Crippen LogP contribution in [0.5, 0.6) is 0 Å². The number of hydrogen-bond acceptors (Lipinski definition) is 3. The molecule has 94 valence electrons. The first-order chi connectivity index (χ1) is 7.88. The third kappa shape index (κ3) is 3.65. The van der Waals surface area contributed by atoms with Crippen molar-refractivity contribution < 1.29 is 13.2 Å². The van der Waals surface area contributed by atoms with Crippen LogP contribution in [0.25, 0.3) is 0 Å². The summed E-state index contributed by atoms with van der Waals surface area (Å²) < 4.78 is 24.1. The van der Waals surface area contributed by atoms with E-state index in [0.717, 1.165) is 6.42 Å². The maximum Gasteiger partial charge on any atom is 0.263 e. The zero-order chi connectivity index (χ0) is 13.1. The lowest BCUT2D eigenvalue weighted by Crippen LogP contribution is -2.25. The van der Waals surface area contributed by atoms with Crippen LogP contribution in [0.15, 0.2) is 29.2 Å². The molecule has 0 heterocycles. The van der Waals surface area contributed by atoms with Gasteiger partial charge in [0.1, 0.15) is 0 Å². The number of carbonyl (C=O) groups excluding carboxylic acids is 1. The maximum absolute atomic E-state index is 12.0. The topological polar surface area (TPSA) is 80.5 Å². The number of benzene rings is 1. The molecule has 0 aliphatic heterocycles. The fourth-order valence-corrected chi connectivity index (χ4v) is 2.79. The molecule has 0 spiro atoms. The van der Waals surface area contributed by atoms with Gasteiger partial charge in [-0.1, -0.05) is 19.1 Å². The Hall–Kier alpha value is -0.670. The Morgan fingerprint density at radius 1 is 1.41 bits per heavy atom. The van der Waals surface area contributed by atoms with Crippen LogP contribution < -0.4 is 5.14 Å². The van der Waals surface area contributed by atoms with Gasteiger partial charge in [0.2, 0.25) is 10.0 Å². The number of nitrogens with two attached hydrogens (primary N) is 1. The molecule has 0 saturated carbocycles. The van der Waals surface area contributed by atoms with E-state index in [0.29, 0.717) is 6.54 Å². The summed E-state index contributed by atoms with van der Waals surface area (Å²) in [5.74, 6) is -0.350. The minimum Gasteiger partial charge on any atom is -0.281 e. The second-order valence-electron chi connectivity index (χ2n) is 3.43. The molecule has 1 aromatic carbocycles. The van der Waals surface area contributed by atoms with Crippen molar-refractivity contribution in [3.05, 3.63) is 29.8 Å². The lowest BCUT2D eigenvalue weighted by atomic mass is 10.2. The molecule has 0 fully saturated rings. The second-order valence-corrected chi connectivity index (χ2v) is 6.13. The van der Waals surface area contributed by atoms with E-state index in [9.17, 15) is 13.2 Å². The van der Waals surface area contributed by atoms with Crippen molar-refractivity contribution in [1.29, 1.82) is 0 Å². The molecule has 0 aromatic heterocycles. The average molecular weight is 368 g/mol. The molecule has 0 aliphatic rings. The van der Waals surface area contributed by atoms with Crippen LogP contribution in [0.4, 0.5) is 0 Å². The number of sulfonamides is 1. The molecule has 0 saturated heterocycles. The fourth-order valence-electron chi connectivity index (χ4n) is 1.32. The highest BCUT2D eigenvalue weighted by Crippen LogP contribution is 2.18. The molecular weight excluding hydrogens is 355 g/mol. The minimum atomic E-state index is -3.88. The van der Waals surface area contributed by atoms with Gasteiger partial charge in [-0.2, -0.15) is 0 Å². The third-order valence-electron chi connectivity index (χ3n) is 2.06.